The normalized spacial score (nSPS) is 25.3. The van der Waals surface area contributed by atoms with E-state index in [1.165, 1.54) is 12.1 Å². The highest BCUT2D eigenvalue weighted by Gasteiger charge is 2.37. The zero-order valence-corrected chi connectivity index (χ0v) is 8.36. The van der Waals surface area contributed by atoms with Crippen LogP contribution >= 0.6 is 0 Å². The molecule has 0 saturated carbocycles. The Morgan fingerprint density at radius 2 is 2.06 bits per heavy atom. The molecule has 1 heterocycles. The predicted molar refractivity (Wildman–Crippen MR) is 49.4 cm³/mol. The van der Waals surface area contributed by atoms with Crippen molar-refractivity contribution in [1.29, 1.82) is 0 Å². The number of aliphatic hydroxyl groups excluding tert-OH is 1. The number of rotatable bonds is 1. The minimum atomic E-state index is -4.48. The van der Waals surface area contributed by atoms with E-state index in [1.54, 1.807) is 0 Å². The summed E-state index contributed by atoms with van der Waals surface area (Å²) in [6.45, 7) is 0. The molecule has 0 radical (unpaired) electrons. The third kappa shape index (κ3) is 2.31. The van der Waals surface area contributed by atoms with Crippen LogP contribution < -0.4 is 5.48 Å². The van der Waals surface area contributed by atoms with Gasteiger partial charge in [0.1, 0.15) is 6.04 Å². The van der Waals surface area contributed by atoms with E-state index in [2.05, 4.69) is 10.3 Å². The number of hydrogen-bond acceptors (Lipinski definition) is 4. The number of Topliss-reactive ketones (excluding diaryl/α,β-unsaturated/α-hetero) is 1. The van der Waals surface area contributed by atoms with Crippen LogP contribution in [0.1, 0.15) is 17.2 Å². The van der Waals surface area contributed by atoms with Gasteiger partial charge in [-0.05, 0) is 17.7 Å². The molecular weight excluding hydrogens is 239 g/mol. The van der Waals surface area contributed by atoms with Crippen LogP contribution in [0.3, 0.4) is 0 Å². The smallest absolute Gasteiger partial charge is 0.361 e. The van der Waals surface area contributed by atoms with Crippen molar-refractivity contribution in [1.82, 2.24) is 5.48 Å². The first-order valence-electron chi connectivity index (χ1n) is 4.70. The van der Waals surface area contributed by atoms with Crippen molar-refractivity contribution in [3.8, 4) is 0 Å². The Hall–Kier alpha value is -1.44. The maximum Gasteiger partial charge on any atom is 0.416 e. The fourth-order valence-corrected chi connectivity index (χ4v) is 1.52. The standard InChI is InChI=1S/C10H8F3NO3/c11-10(12,13)6-3-1-2-5(4-6)7-8(15)9(16)17-14-7/h1-4,7,9,14,16H. The van der Waals surface area contributed by atoms with Crippen LogP contribution in [0.15, 0.2) is 24.3 Å². The zero-order chi connectivity index (χ0) is 12.6. The lowest BCUT2D eigenvalue weighted by atomic mass is 10.0. The SMILES string of the molecule is O=C1C(O)ONC1c1cccc(C(F)(F)F)c1. The van der Waals surface area contributed by atoms with Crippen LogP contribution in [0.2, 0.25) is 0 Å². The van der Waals surface area contributed by atoms with Crippen LogP contribution in [-0.4, -0.2) is 17.2 Å². The third-order valence-corrected chi connectivity index (χ3v) is 2.37. The Morgan fingerprint density at radius 1 is 1.35 bits per heavy atom. The topological polar surface area (TPSA) is 58.6 Å². The largest absolute Gasteiger partial charge is 0.416 e. The van der Waals surface area contributed by atoms with Gasteiger partial charge in [-0.1, -0.05) is 12.1 Å². The number of hydrogen-bond donors (Lipinski definition) is 2. The molecule has 0 bridgehead atoms. The Kier molecular flexibility index (Phi) is 2.90. The fourth-order valence-electron chi connectivity index (χ4n) is 1.52. The van der Waals surface area contributed by atoms with Crippen LogP contribution in [0.4, 0.5) is 13.2 Å². The number of ketones is 1. The van der Waals surface area contributed by atoms with E-state index in [0.29, 0.717) is 0 Å². The van der Waals surface area contributed by atoms with E-state index in [1.807, 2.05) is 0 Å². The van der Waals surface area contributed by atoms with Gasteiger partial charge in [-0.3, -0.25) is 9.63 Å². The molecular formula is C10H8F3NO3. The molecule has 2 rings (SSSR count). The summed E-state index contributed by atoms with van der Waals surface area (Å²) in [4.78, 5) is 15.8. The quantitative estimate of drug-likeness (QED) is 0.782. The number of hydroxylamine groups is 1. The molecule has 4 nitrogen and oxygen atoms in total. The molecule has 1 aromatic carbocycles. The summed E-state index contributed by atoms with van der Waals surface area (Å²) in [7, 11) is 0. The molecule has 17 heavy (non-hydrogen) atoms. The molecule has 7 heteroatoms. The molecule has 1 aromatic rings. The van der Waals surface area contributed by atoms with Gasteiger partial charge >= 0.3 is 6.18 Å². The highest BCUT2D eigenvalue weighted by Crippen LogP contribution is 2.31. The van der Waals surface area contributed by atoms with Crippen molar-refractivity contribution in [3.05, 3.63) is 35.4 Å². The molecule has 1 aliphatic rings. The van der Waals surface area contributed by atoms with Crippen LogP contribution in [0.5, 0.6) is 0 Å². The van der Waals surface area contributed by atoms with E-state index < -0.39 is 29.9 Å². The molecule has 1 fully saturated rings. The summed E-state index contributed by atoms with van der Waals surface area (Å²) in [6, 6.07) is 3.22. The maximum atomic E-state index is 12.4. The fraction of sp³-hybridized carbons (Fsp3) is 0.300. The van der Waals surface area contributed by atoms with E-state index in [9.17, 15) is 18.0 Å². The molecule has 0 amide bonds. The van der Waals surface area contributed by atoms with Crippen molar-refractivity contribution in [2.24, 2.45) is 0 Å². The Morgan fingerprint density at radius 3 is 2.59 bits per heavy atom. The van der Waals surface area contributed by atoms with Crippen LogP contribution in [0, 0.1) is 0 Å². The number of nitrogens with one attached hydrogen (secondary N) is 1. The molecule has 2 unspecified atom stereocenters. The third-order valence-electron chi connectivity index (χ3n) is 2.37. The van der Waals surface area contributed by atoms with Crippen molar-refractivity contribution < 1.29 is 27.9 Å². The maximum absolute atomic E-state index is 12.4. The minimum Gasteiger partial charge on any atom is -0.361 e. The van der Waals surface area contributed by atoms with Crippen molar-refractivity contribution in [2.75, 3.05) is 0 Å². The van der Waals surface area contributed by atoms with Crippen molar-refractivity contribution >= 4 is 5.78 Å². The van der Waals surface area contributed by atoms with Gasteiger partial charge in [0.25, 0.3) is 0 Å². The number of aliphatic hydroxyl groups is 1. The number of alkyl halides is 3. The Labute approximate surface area is 94.0 Å². The monoisotopic (exact) mass is 247 g/mol. The molecule has 0 spiro atoms. The first-order valence-corrected chi connectivity index (χ1v) is 4.70. The first kappa shape index (κ1) is 12.0. The van der Waals surface area contributed by atoms with E-state index in [-0.39, 0.29) is 5.56 Å². The number of halogens is 3. The lowest BCUT2D eigenvalue weighted by Crippen LogP contribution is -2.20. The summed E-state index contributed by atoms with van der Waals surface area (Å²) in [5, 5.41) is 9.00. The summed E-state index contributed by atoms with van der Waals surface area (Å²) >= 11 is 0. The zero-order valence-electron chi connectivity index (χ0n) is 8.36. The second-order valence-corrected chi connectivity index (χ2v) is 3.55. The average molecular weight is 247 g/mol. The number of benzene rings is 1. The second kappa shape index (κ2) is 4.10. The average Bonchev–Trinajstić information content (AvgIpc) is 2.59. The summed E-state index contributed by atoms with van der Waals surface area (Å²) in [6.07, 6.45) is -6.12. The van der Waals surface area contributed by atoms with Crippen LogP contribution in [0.25, 0.3) is 0 Å². The van der Waals surface area contributed by atoms with Gasteiger partial charge in [0.05, 0.1) is 5.56 Å². The highest BCUT2D eigenvalue weighted by atomic mass is 19.4. The van der Waals surface area contributed by atoms with Gasteiger partial charge < -0.3 is 5.11 Å². The van der Waals surface area contributed by atoms with Gasteiger partial charge in [-0.2, -0.15) is 18.7 Å². The molecule has 92 valence electrons. The van der Waals surface area contributed by atoms with Gasteiger partial charge in [0.15, 0.2) is 0 Å². The lowest BCUT2D eigenvalue weighted by molar-refractivity contribution is -0.145. The Balaban J connectivity index is 2.31. The minimum absolute atomic E-state index is 0.0985. The number of carbonyl (C=O) groups excluding carboxylic acids is 1. The van der Waals surface area contributed by atoms with Gasteiger partial charge in [0.2, 0.25) is 12.1 Å². The molecule has 0 aromatic heterocycles. The summed E-state index contributed by atoms with van der Waals surface area (Å²) in [5.41, 5.74) is 1.43. The Bertz CT molecular complexity index is 447. The molecule has 1 aliphatic heterocycles. The van der Waals surface area contributed by atoms with Crippen molar-refractivity contribution in [3.63, 3.8) is 0 Å². The predicted octanol–water partition coefficient (Wildman–Crippen LogP) is 1.17. The second-order valence-electron chi connectivity index (χ2n) is 3.55. The molecule has 2 N–H and O–H groups in total. The van der Waals surface area contributed by atoms with Gasteiger partial charge in [-0.15, -0.1) is 0 Å². The molecule has 2 atom stereocenters. The van der Waals surface area contributed by atoms with Crippen molar-refractivity contribution in [2.45, 2.75) is 18.5 Å². The molecule has 0 aliphatic carbocycles. The lowest BCUT2D eigenvalue weighted by Gasteiger charge is -2.11. The molecule has 1 saturated heterocycles. The number of carbonyl (C=O) groups is 1. The summed E-state index contributed by atoms with van der Waals surface area (Å²) < 4.78 is 37.3. The van der Waals surface area contributed by atoms with Gasteiger partial charge in [0, 0.05) is 0 Å². The summed E-state index contributed by atoms with van der Waals surface area (Å²) in [5.74, 6) is -0.718. The van der Waals surface area contributed by atoms with E-state index in [0.717, 1.165) is 12.1 Å². The van der Waals surface area contributed by atoms with Crippen LogP contribution in [-0.2, 0) is 15.8 Å². The van der Waals surface area contributed by atoms with E-state index in [4.69, 9.17) is 5.11 Å². The van der Waals surface area contributed by atoms with Gasteiger partial charge in [-0.25, -0.2) is 0 Å². The first-order chi connectivity index (χ1) is 7.89. The highest BCUT2D eigenvalue weighted by molar-refractivity contribution is 5.89. The van der Waals surface area contributed by atoms with E-state index >= 15 is 0 Å².